The van der Waals surface area contributed by atoms with Crippen LogP contribution in [-0.4, -0.2) is 20.1 Å². The molecule has 0 saturated heterocycles. The minimum Gasteiger partial charge on any atom is -0.361 e. The van der Waals surface area contributed by atoms with E-state index >= 15 is 0 Å². The van der Waals surface area contributed by atoms with Gasteiger partial charge in [0.1, 0.15) is 11.5 Å². The average Bonchev–Trinajstić information content (AvgIpc) is 2.83. The van der Waals surface area contributed by atoms with E-state index in [9.17, 15) is 0 Å². The summed E-state index contributed by atoms with van der Waals surface area (Å²) in [6, 6.07) is 3.75. The van der Waals surface area contributed by atoms with Crippen molar-refractivity contribution in [3.8, 4) is 11.5 Å². The van der Waals surface area contributed by atoms with E-state index in [0.717, 1.165) is 15.7 Å². The molecular formula is C10H7BrN4O. The van der Waals surface area contributed by atoms with Gasteiger partial charge in [-0.1, -0.05) is 5.16 Å². The average molecular weight is 279 g/mol. The third kappa shape index (κ3) is 1.51. The van der Waals surface area contributed by atoms with Gasteiger partial charge in [0.15, 0.2) is 11.5 Å². The highest BCUT2D eigenvalue weighted by atomic mass is 79.9. The number of hydrogen-bond acceptors (Lipinski definition) is 4. The fourth-order valence-corrected chi connectivity index (χ4v) is 1.81. The monoisotopic (exact) mass is 278 g/mol. The molecule has 0 atom stereocenters. The lowest BCUT2D eigenvalue weighted by Gasteiger charge is -1.87. The van der Waals surface area contributed by atoms with Crippen molar-refractivity contribution in [2.24, 2.45) is 0 Å². The molecular weight excluding hydrogens is 272 g/mol. The topological polar surface area (TPSA) is 67.6 Å². The molecule has 0 spiro atoms. The van der Waals surface area contributed by atoms with Crippen LogP contribution in [0.4, 0.5) is 0 Å². The van der Waals surface area contributed by atoms with Crippen molar-refractivity contribution in [2.45, 2.75) is 6.92 Å². The van der Waals surface area contributed by atoms with E-state index < -0.39 is 0 Å². The predicted molar refractivity (Wildman–Crippen MR) is 61.8 cm³/mol. The van der Waals surface area contributed by atoms with Gasteiger partial charge in [-0.25, -0.2) is 9.97 Å². The first-order chi connectivity index (χ1) is 7.72. The summed E-state index contributed by atoms with van der Waals surface area (Å²) in [5.41, 5.74) is 2.22. The molecule has 3 rings (SSSR count). The van der Waals surface area contributed by atoms with Crippen LogP contribution in [0.25, 0.3) is 22.7 Å². The third-order valence-corrected chi connectivity index (χ3v) is 2.61. The molecule has 0 radical (unpaired) electrons. The molecule has 0 amide bonds. The summed E-state index contributed by atoms with van der Waals surface area (Å²) >= 11 is 3.36. The van der Waals surface area contributed by atoms with Gasteiger partial charge in [0.05, 0.1) is 5.52 Å². The van der Waals surface area contributed by atoms with Gasteiger partial charge in [-0.05, 0) is 28.9 Å². The molecule has 0 bridgehead atoms. The van der Waals surface area contributed by atoms with E-state index in [1.165, 1.54) is 0 Å². The Kier molecular flexibility index (Phi) is 2.03. The van der Waals surface area contributed by atoms with Crippen molar-refractivity contribution in [3.05, 3.63) is 28.6 Å². The summed E-state index contributed by atoms with van der Waals surface area (Å²) < 4.78 is 5.91. The molecule has 0 aliphatic carbocycles. The van der Waals surface area contributed by atoms with Crippen molar-refractivity contribution in [1.29, 1.82) is 0 Å². The lowest BCUT2D eigenvalue weighted by atomic mass is 10.4. The van der Waals surface area contributed by atoms with Crippen LogP contribution < -0.4 is 0 Å². The zero-order valence-electron chi connectivity index (χ0n) is 8.36. The van der Waals surface area contributed by atoms with Crippen LogP contribution in [0, 0.1) is 6.92 Å². The Morgan fingerprint density at radius 2 is 2.25 bits per heavy atom. The Morgan fingerprint density at radius 3 is 3.00 bits per heavy atom. The molecule has 1 N–H and O–H groups in total. The molecule has 16 heavy (non-hydrogen) atoms. The Balaban J connectivity index is 2.18. The van der Waals surface area contributed by atoms with Crippen molar-refractivity contribution in [2.75, 3.05) is 0 Å². The Bertz CT molecular complexity index is 658. The number of imidazole rings is 1. The highest BCUT2D eigenvalue weighted by Gasteiger charge is 2.10. The van der Waals surface area contributed by atoms with E-state index in [1.807, 2.05) is 19.1 Å². The molecule has 0 aliphatic heterocycles. The highest BCUT2D eigenvalue weighted by Crippen LogP contribution is 2.20. The van der Waals surface area contributed by atoms with Gasteiger partial charge in [-0.3, -0.25) is 0 Å². The van der Waals surface area contributed by atoms with Gasteiger partial charge < -0.3 is 9.51 Å². The third-order valence-electron chi connectivity index (χ3n) is 2.17. The van der Waals surface area contributed by atoms with Crippen molar-refractivity contribution < 1.29 is 4.52 Å². The van der Waals surface area contributed by atoms with Crippen LogP contribution in [0.1, 0.15) is 5.76 Å². The maximum absolute atomic E-state index is 5.00. The van der Waals surface area contributed by atoms with Crippen LogP contribution in [0.2, 0.25) is 0 Å². The maximum Gasteiger partial charge on any atom is 0.178 e. The summed E-state index contributed by atoms with van der Waals surface area (Å²) in [4.78, 5) is 11.7. The number of aromatic nitrogens is 4. The van der Waals surface area contributed by atoms with E-state index in [0.29, 0.717) is 17.2 Å². The predicted octanol–water partition coefficient (Wildman–Crippen LogP) is 2.68. The first-order valence-corrected chi connectivity index (χ1v) is 5.46. The lowest BCUT2D eigenvalue weighted by Crippen LogP contribution is -1.78. The Hall–Kier alpha value is -1.69. The number of rotatable bonds is 1. The number of aryl methyl sites for hydroxylation is 1. The van der Waals surface area contributed by atoms with Crippen molar-refractivity contribution >= 4 is 27.1 Å². The van der Waals surface area contributed by atoms with Gasteiger partial charge in [0.25, 0.3) is 0 Å². The Labute approximate surface area is 99.0 Å². The molecule has 0 unspecified atom stereocenters. The summed E-state index contributed by atoms with van der Waals surface area (Å²) in [5.74, 6) is 1.42. The minimum atomic E-state index is 0.664. The summed E-state index contributed by atoms with van der Waals surface area (Å²) in [5, 5.41) is 3.90. The number of H-pyrrole nitrogens is 1. The van der Waals surface area contributed by atoms with Gasteiger partial charge in [-0.2, -0.15) is 0 Å². The number of nitrogens with one attached hydrogen (secondary N) is 1. The number of aromatic amines is 1. The van der Waals surface area contributed by atoms with Crippen LogP contribution in [0.15, 0.2) is 27.3 Å². The zero-order valence-corrected chi connectivity index (χ0v) is 9.95. The van der Waals surface area contributed by atoms with Crippen LogP contribution in [-0.2, 0) is 0 Å². The van der Waals surface area contributed by atoms with Gasteiger partial charge in [0.2, 0.25) is 0 Å². The van der Waals surface area contributed by atoms with E-state index in [2.05, 4.69) is 36.0 Å². The number of halogens is 1. The van der Waals surface area contributed by atoms with Gasteiger partial charge in [-0.15, -0.1) is 0 Å². The molecule has 3 aromatic heterocycles. The quantitative estimate of drug-likeness (QED) is 0.743. The summed E-state index contributed by atoms with van der Waals surface area (Å²) in [6.45, 7) is 1.84. The minimum absolute atomic E-state index is 0.664. The highest BCUT2D eigenvalue weighted by molar-refractivity contribution is 9.10. The molecule has 6 heteroatoms. The summed E-state index contributed by atoms with van der Waals surface area (Å²) in [7, 11) is 0. The van der Waals surface area contributed by atoms with Crippen molar-refractivity contribution in [1.82, 2.24) is 20.1 Å². The lowest BCUT2D eigenvalue weighted by molar-refractivity contribution is 0.399. The smallest absolute Gasteiger partial charge is 0.178 e. The maximum atomic E-state index is 5.00. The number of nitrogens with zero attached hydrogens (tertiary/aromatic N) is 3. The van der Waals surface area contributed by atoms with Crippen molar-refractivity contribution in [3.63, 3.8) is 0 Å². The fraction of sp³-hybridized carbons (Fsp3) is 0.100. The Morgan fingerprint density at radius 1 is 1.38 bits per heavy atom. The molecule has 3 heterocycles. The van der Waals surface area contributed by atoms with E-state index in [-0.39, 0.29) is 0 Å². The van der Waals surface area contributed by atoms with Crippen LogP contribution in [0.5, 0.6) is 0 Å². The zero-order chi connectivity index (χ0) is 11.1. The van der Waals surface area contributed by atoms with Gasteiger partial charge in [0, 0.05) is 16.7 Å². The first-order valence-electron chi connectivity index (χ1n) is 4.67. The molecule has 0 saturated carbocycles. The van der Waals surface area contributed by atoms with E-state index in [1.54, 1.807) is 6.20 Å². The number of hydrogen-bond donors (Lipinski definition) is 1. The molecule has 5 nitrogen and oxygen atoms in total. The van der Waals surface area contributed by atoms with Crippen LogP contribution in [0.3, 0.4) is 0 Å². The SMILES string of the molecule is Cc1cc(-c2nc3ncc(Br)cc3[nH]2)no1. The second-order valence-electron chi connectivity index (χ2n) is 3.43. The normalized spacial score (nSPS) is 11.1. The fourth-order valence-electron chi connectivity index (χ4n) is 1.47. The van der Waals surface area contributed by atoms with Gasteiger partial charge >= 0.3 is 0 Å². The number of pyridine rings is 1. The first kappa shape index (κ1) is 9.53. The molecule has 0 aliphatic rings. The largest absolute Gasteiger partial charge is 0.361 e. The molecule has 80 valence electrons. The standard InChI is InChI=1S/C10H7BrN4O/c1-5-2-8(15-16-5)10-13-7-3-6(11)4-12-9(7)14-10/h2-4H,1H3,(H,12,13,14). The second-order valence-corrected chi connectivity index (χ2v) is 4.35. The molecule has 0 aromatic carbocycles. The van der Waals surface area contributed by atoms with E-state index in [4.69, 9.17) is 4.52 Å². The van der Waals surface area contributed by atoms with Crippen LogP contribution >= 0.6 is 15.9 Å². The number of fused-ring (bicyclic) bond motifs is 1. The summed E-state index contributed by atoms with van der Waals surface area (Å²) in [6.07, 6.45) is 1.71. The molecule has 3 aromatic rings. The second kappa shape index (κ2) is 3.41. The molecule has 0 fully saturated rings.